The molecule has 104 valence electrons. The minimum atomic E-state index is -0.820. The highest BCUT2D eigenvalue weighted by atomic mass is 32.2. The van der Waals surface area contributed by atoms with Gasteiger partial charge >= 0.3 is 12.1 Å². The van der Waals surface area contributed by atoms with Crippen LogP contribution < -0.4 is 0 Å². The minimum absolute atomic E-state index is 0.0881. The Kier molecular flexibility index (Phi) is 4.53. The van der Waals surface area contributed by atoms with Gasteiger partial charge < -0.3 is 14.7 Å². The van der Waals surface area contributed by atoms with Crippen LogP contribution in [0.3, 0.4) is 0 Å². The van der Waals surface area contributed by atoms with Gasteiger partial charge in [0.1, 0.15) is 5.60 Å². The number of carboxylic acid groups (broad SMARTS) is 1. The summed E-state index contributed by atoms with van der Waals surface area (Å²) in [4.78, 5) is 24.2. The third-order valence-corrected chi connectivity index (χ3v) is 3.84. The molecule has 5 nitrogen and oxygen atoms in total. The number of hydrogen-bond acceptors (Lipinski definition) is 4. The van der Waals surface area contributed by atoms with E-state index < -0.39 is 11.6 Å². The fourth-order valence-corrected chi connectivity index (χ4v) is 3.27. The molecule has 0 spiro atoms. The lowest BCUT2D eigenvalue weighted by atomic mass is 9.95. The van der Waals surface area contributed by atoms with Crippen LogP contribution in [0.1, 0.15) is 34.1 Å². The number of aliphatic carboxylic acids is 1. The molecule has 1 amide bonds. The molecule has 0 unspecified atom stereocenters. The molecule has 1 N–H and O–H groups in total. The maximum atomic E-state index is 11.8. The molecule has 6 heteroatoms. The van der Waals surface area contributed by atoms with Crippen LogP contribution in [0.2, 0.25) is 0 Å². The van der Waals surface area contributed by atoms with Crippen LogP contribution in [0.25, 0.3) is 0 Å². The lowest BCUT2D eigenvalue weighted by Gasteiger charge is -2.48. The first-order valence-corrected chi connectivity index (χ1v) is 7.00. The fourth-order valence-electron chi connectivity index (χ4n) is 1.94. The van der Waals surface area contributed by atoms with Crippen molar-refractivity contribution >= 4 is 23.8 Å². The summed E-state index contributed by atoms with van der Waals surface area (Å²) in [6.45, 7) is 8.34. The number of ether oxygens (including phenoxy) is 1. The zero-order chi connectivity index (χ0) is 14.0. The Bertz CT molecular complexity index is 331. The van der Waals surface area contributed by atoms with E-state index in [2.05, 4.69) is 0 Å². The molecule has 1 saturated heterocycles. The molecule has 1 aliphatic rings. The molecule has 0 atom stereocenters. The lowest BCUT2D eigenvalue weighted by molar-refractivity contribution is -0.138. The highest BCUT2D eigenvalue weighted by Gasteiger charge is 2.47. The van der Waals surface area contributed by atoms with Crippen molar-refractivity contribution in [2.45, 2.75) is 44.5 Å². The molecule has 0 aliphatic carbocycles. The van der Waals surface area contributed by atoms with Gasteiger partial charge in [0.2, 0.25) is 0 Å². The van der Waals surface area contributed by atoms with E-state index in [1.54, 1.807) is 16.7 Å². The predicted molar refractivity (Wildman–Crippen MR) is 70.9 cm³/mol. The monoisotopic (exact) mass is 275 g/mol. The molecule has 0 saturated carbocycles. The topological polar surface area (TPSA) is 66.8 Å². The summed E-state index contributed by atoms with van der Waals surface area (Å²) in [5.41, 5.74) is -0.514. The maximum Gasteiger partial charge on any atom is 0.410 e. The van der Waals surface area contributed by atoms with Crippen LogP contribution in [0.15, 0.2) is 0 Å². The van der Waals surface area contributed by atoms with Gasteiger partial charge in [0.25, 0.3) is 0 Å². The van der Waals surface area contributed by atoms with Crippen LogP contribution in [0.5, 0.6) is 0 Å². The second kappa shape index (κ2) is 5.38. The number of hydrogen-bond donors (Lipinski definition) is 1. The van der Waals surface area contributed by atoms with E-state index in [0.717, 1.165) is 5.75 Å². The number of rotatable bonds is 4. The smallest absolute Gasteiger partial charge is 0.410 e. The number of carbonyl (C=O) groups is 2. The van der Waals surface area contributed by atoms with E-state index in [1.807, 2.05) is 27.7 Å². The number of thioether (sulfide) groups is 1. The van der Waals surface area contributed by atoms with Crippen molar-refractivity contribution in [1.82, 2.24) is 4.90 Å². The van der Waals surface area contributed by atoms with E-state index in [0.29, 0.717) is 13.1 Å². The molecule has 1 aliphatic heterocycles. The number of carboxylic acids is 1. The third-order valence-electron chi connectivity index (χ3n) is 2.53. The van der Waals surface area contributed by atoms with Gasteiger partial charge in [-0.15, -0.1) is 0 Å². The average Bonchev–Trinajstić information content (AvgIpc) is 2.09. The lowest BCUT2D eigenvalue weighted by Crippen LogP contribution is -2.63. The first-order valence-electron chi connectivity index (χ1n) is 6.01. The van der Waals surface area contributed by atoms with Gasteiger partial charge in [-0.1, -0.05) is 6.92 Å². The normalized spacial score (nSPS) is 18.1. The zero-order valence-electron chi connectivity index (χ0n) is 11.4. The maximum absolute atomic E-state index is 11.8. The number of carbonyl (C=O) groups excluding carboxylic acids is 1. The Balaban J connectivity index is 2.53. The standard InChI is InChI=1S/C12H21NO4S/c1-5-18-12(6-9(14)15)7-13(8-12)10(16)17-11(2,3)4/h5-8H2,1-4H3,(H,14,15). The van der Waals surface area contributed by atoms with Gasteiger partial charge in [0.05, 0.1) is 11.2 Å². The molecule has 18 heavy (non-hydrogen) atoms. The molecule has 1 rings (SSSR count). The van der Waals surface area contributed by atoms with Crippen molar-refractivity contribution < 1.29 is 19.4 Å². The highest BCUT2D eigenvalue weighted by Crippen LogP contribution is 2.38. The Labute approximate surface area is 112 Å². The predicted octanol–water partition coefficient (Wildman–Crippen LogP) is 2.20. The Morgan fingerprint density at radius 3 is 2.33 bits per heavy atom. The zero-order valence-corrected chi connectivity index (χ0v) is 12.2. The van der Waals surface area contributed by atoms with Gasteiger partial charge in [-0.25, -0.2) is 4.79 Å². The second-order valence-electron chi connectivity index (χ2n) is 5.52. The molecular formula is C12H21NO4S. The van der Waals surface area contributed by atoms with Crippen LogP contribution in [0, 0.1) is 0 Å². The molecule has 1 heterocycles. The van der Waals surface area contributed by atoms with Crippen molar-refractivity contribution in [3.63, 3.8) is 0 Å². The van der Waals surface area contributed by atoms with Gasteiger partial charge in [-0.2, -0.15) is 11.8 Å². The van der Waals surface area contributed by atoms with Crippen molar-refractivity contribution in [2.75, 3.05) is 18.8 Å². The van der Waals surface area contributed by atoms with Crippen LogP contribution in [-0.2, 0) is 9.53 Å². The average molecular weight is 275 g/mol. The minimum Gasteiger partial charge on any atom is -0.481 e. The van der Waals surface area contributed by atoms with Crippen LogP contribution >= 0.6 is 11.8 Å². The van der Waals surface area contributed by atoms with E-state index in [4.69, 9.17) is 9.84 Å². The van der Waals surface area contributed by atoms with E-state index in [-0.39, 0.29) is 17.3 Å². The van der Waals surface area contributed by atoms with E-state index in [9.17, 15) is 9.59 Å². The number of nitrogens with zero attached hydrogens (tertiary/aromatic N) is 1. The summed E-state index contributed by atoms with van der Waals surface area (Å²) < 4.78 is 4.91. The van der Waals surface area contributed by atoms with Crippen molar-refractivity contribution in [3.05, 3.63) is 0 Å². The first-order chi connectivity index (χ1) is 8.17. The van der Waals surface area contributed by atoms with Gasteiger partial charge in [-0.05, 0) is 26.5 Å². The van der Waals surface area contributed by atoms with Gasteiger partial charge in [-0.3, -0.25) is 4.79 Å². The quantitative estimate of drug-likeness (QED) is 0.852. The summed E-state index contributed by atoms with van der Waals surface area (Å²) >= 11 is 1.60. The SMILES string of the molecule is CCSC1(CC(=O)O)CN(C(=O)OC(C)(C)C)C1. The number of amides is 1. The van der Waals surface area contributed by atoms with Crippen molar-refractivity contribution in [3.8, 4) is 0 Å². The van der Waals surface area contributed by atoms with Crippen LogP contribution in [0.4, 0.5) is 4.79 Å². The van der Waals surface area contributed by atoms with E-state index >= 15 is 0 Å². The summed E-state index contributed by atoms with van der Waals surface area (Å²) in [5, 5.41) is 8.90. The van der Waals surface area contributed by atoms with Crippen LogP contribution in [-0.4, -0.2) is 51.3 Å². The third kappa shape index (κ3) is 4.08. The van der Waals surface area contributed by atoms with Crippen molar-refractivity contribution in [1.29, 1.82) is 0 Å². The highest BCUT2D eigenvalue weighted by molar-refractivity contribution is 8.00. The first kappa shape index (κ1) is 15.1. The largest absolute Gasteiger partial charge is 0.481 e. The summed E-state index contributed by atoms with van der Waals surface area (Å²) in [6, 6.07) is 0. The Hall–Kier alpha value is -0.910. The fraction of sp³-hybridized carbons (Fsp3) is 0.833. The molecule has 0 aromatic carbocycles. The van der Waals surface area contributed by atoms with Gasteiger partial charge in [0, 0.05) is 13.1 Å². The molecule has 0 radical (unpaired) electrons. The molecule has 1 fully saturated rings. The summed E-state index contributed by atoms with van der Waals surface area (Å²) in [5.74, 6) is 0.0231. The molecule has 0 aromatic rings. The van der Waals surface area contributed by atoms with Crippen molar-refractivity contribution in [2.24, 2.45) is 0 Å². The summed E-state index contributed by atoms with van der Waals surface area (Å²) in [6.07, 6.45) is -0.273. The molecule has 0 bridgehead atoms. The Morgan fingerprint density at radius 1 is 1.39 bits per heavy atom. The molecular weight excluding hydrogens is 254 g/mol. The summed E-state index contributed by atoms with van der Waals surface area (Å²) in [7, 11) is 0. The van der Waals surface area contributed by atoms with E-state index in [1.165, 1.54) is 0 Å². The van der Waals surface area contributed by atoms with Gasteiger partial charge in [0.15, 0.2) is 0 Å². The Morgan fingerprint density at radius 2 is 1.94 bits per heavy atom. The number of likely N-dealkylation sites (tertiary alicyclic amines) is 1. The second-order valence-corrected chi connectivity index (χ2v) is 7.25. The molecule has 0 aromatic heterocycles.